The zero-order chi connectivity index (χ0) is 18.4. The molecule has 134 valence electrons. The lowest BCUT2D eigenvalue weighted by Gasteiger charge is -2.06. The second-order valence-electron chi connectivity index (χ2n) is 5.29. The predicted octanol–water partition coefficient (Wildman–Crippen LogP) is 2.73. The minimum atomic E-state index is -0.257. The fraction of sp³-hybridized carbons (Fsp3) is 0.176. The Balaban J connectivity index is 1.59. The van der Waals surface area contributed by atoms with Gasteiger partial charge in [0.1, 0.15) is 5.75 Å². The number of para-hydroxylation sites is 1. The lowest BCUT2D eigenvalue weighted by atomic mass is 10.1. The molecule has 0 aliphatic heterocycles. The number of rotatable bonds is 7. The van der Waals surface area contributed by atoms with Gasteiger partial charge in [-0.3, -0.25) is 4.98 Å². The smallest absolute Gasteiger partial charge is 0.210 e. The van der Waals surface area contributed by atoms with Gasteiger partial charge in [-0.15, -0.1) is 10.2 Å². The number of aryl methyl sites for hydroxylation is 1. The first kappa shape index (κ1) is 17.8. The third kappa shape index (κ3) is 4.32. The van der Waals surface area contributed by atoms with Crippen molar-refractivity contribution in [3.63, 3.8) is 0 Å². The molecule has 0 bridgehead atoms. The van der Waals surface area contributed by atoms with Crippen molar-refractivity contribution in [2.45, 2.75) is 20.1 Å². The molecule has 0 unspecified atom stereocenters. The van der Waals surface area contributed by atoms with Crippen LogP contribution in [0, 0.1) is 6.92 Å². The second kappa shape index (κ2) is 8.37. The topological polar surface area (TPSA) is 113 Å². The minimum absolute atomic E-state index is 0.0332. The summed E-state index contributed by atoms with van der Waals surface area (Å²) in [6.45, 7) is 1.55. The minimum Gasteiger partial charge on any atom is -0.505 e. The normalized spacial score (nSPS) is 11.0. The summed E-state index contributed by atoms with van der Waals surface area (Å²) in [5, 5.41) is 35.7. The number of pyridine rings is 1. The second-order valence-corrected chi connectivity index (χ2v) is 6.35. The molecule has 0 amide bonds. The summed E-state index contributed by atoms with van der Waals surface area (Å²) in [4.78, 5) is 9.21. The Bertz CT molecular complexity index is 899. The highest BCUT2D eigenvalue weighted by molar-refractivity contribution is 7.15. The molecule has 3 N–H and O–H groups in total. The molecule has 9 heteroatoms. The molecule has 0 atom stereocenters. The summed E-state index contributed by atoms with van der Waals surface area (Å²) in [7, 11) is 0. The van der Waals surface area contributed by atoms with Crippen molar-refractivity contribution in [2.24, 2.45) is 5.16 Å². The van der Waals surface area contributed by atoms with E-state index in [0.29, 0.717) is 27.0 Å². The van der Waals surface area contributed by atoms with E-state index in [-0.39, 0.29) is 19.0 Å². The molecule has 26 heavy (non-hydrogen) atoms. The van der Waals surface area contributed by atoms with E-state index in [9.17, 15) is 10.2 Å². The van der Waals surface area contributed by atoms with Gasteiger partial charge in [-0.05, 0) is 19.1 Å². The van der Waals surface area contributed by atoms with Crippen LogP contribution in [0.25, 0.3) is 0 Å². The quantitative estimate of drug-likeness (QED) is 0.432. The number of aromatic nitrogens is 3. The van der Waals surface area contributed by atoms with E-state index in [0.717, 1.165) is 5.69 Å². The maximum atomic E-state index is 10.0. The average molecular weight is 371 g/mol. The number of aliphatic hydroxyl groups excluding tert-OH is 1. The average Bonchev–Trinajstić information content (AvgIpc) is 3.10. The van der Waals surface area contributed by atoms with Crippen LogP contribution in [-0.4, -0.2) is 31.6 Å². The molecule has 0 aliphatic carbocycles. The van der Waals surface area contributed by atoms with E-state index in [2.05, 4.69) is 25.7 Å². The molecule has 0 aliphatic rings. The molecule has 2 aromatic heterocycles. The van der Waals surface area contributed by atoms with Crippen molar-refractivity contribution in [3.8, 4) is 5.75 Å². The van der Waals surface area contributed by atoms with Crippen molar-refractivity contribution < 1.29 is 15.1 Å². The summed E-state index contributed by atoms with van der Waals surface area (Å²) in [5.41, 5.74) is 2.22. The predicted molar refractivity (Wildman–Crippen MR) is 98.6 cm³/mol. The van der Waals surface area contributed by atoms with E-state index in [1.807, 2.05) is 30.3 Å². The van der Waals surface area contributed by atoms with Gasteiger partial charge in [0.15, 0.2) is 11.6 Å². The van der Waals surface area contributed by atoms with Crippen LogP contribution in [0.1, 0.15) is 21.8 Å². The molecule has 3 aromatic rings. The standard InChI is InChI=1S/C17H17N5O3S/c1-11-16(24)14(12(9-23)7-18-11)8-19-25-10-15-21-22-17(26-15)20-13-5-3-2-4-6-13/h2-8,23-24H,9-10H2,1H3,(H,20,22). The Hall–Kier alpha value is -3.04. The number of anilines is 2. The molecule has 0 fully saturated rings. The first-order chi connectivity index (χ1) is 12.7. The van der Waals surface area contributed by atoms with Gasteiger partial charge >= 0.3 is 0 Å². The van der Waals surface area contributed by atoms with Gasteiger partial charge in [-0.1, -0.05) is 34.7 Å². The van der Waals surface area contributed by atoms with Crippen LogP contribution >= 0.6 is 11.3 Å². The first-order valence-corrected chi connectivity index (χ1v) is 8.57. The fourth-order valence-electron chi connectivity index (χ4n) is 2.11. The molecular formula is C17H17N5O3S. The molecule has 0 spiro atoms. The van der Waals surface area contributed by atoms with Gasteiger partial charge in [0.25, 0.3) is 0 Å². The molecule has 8 nitrogen and oxygen atoms in total. The summed E-state index contributed by atoms with van der Waals surface area (Å²) >= 11 is 1.36. The maximum Gasteiger partial charge on any atom is 0.210 e. The number of benzene rings is 1. The van der Waals surface area contributed by atoms with Crippen LogP contribution in [0.4, 0.5) is 10.8 Å². The summed E-state index contributed by atoms with van der Waals surface area (Å²) in [6.07, 6.45) is 2.84. The van der Waals surface area contributed by atoms with Gasteiger partial charge in [0.2, 0.25) is 5.13 Å². The fourth-order valence-corrected chi connectivity index (χ4v) is 2.78. The Morgan fingerprint density at radius 2 is 2.08 bits per heavy atom. The Labute approximate surface area is 153 Å². The van der Waals surface area contributed by atoms with Crippen molar-refractivity contribution >= 4 is 28.4 Å². The SMILES string of the molecule is Cc1ncc(CO)c(C=NOCc2nnc(Nc3ccccc3)s2)c1O. The zero-order valence-electron chi connectivity index (χ0n) is 14.0. The molecular weight excluding hydrogens is 354 g/mol. The van der Waals surface area contributed by atoms with Crippen LogP contribution in [-0.2, 0) is 18.1 Å². The number of hydrogen-bond acceptors (Lipinski definition) is 9. The maximum absolute atomic E-state index is 10.0. The lowest BCUT2D eigenvalue weighted by Crippen LogP contribution is -1.98. The third-order valence-corrected chi connectivity index (χ3v) is 4.28. The highest BCUT2D eigenvalue weighted by atomic mass is 32.1. The van der Waals surface area contributed by atoms with Crippen LogP contribution in [0.15, 0.2) is 41.7 Å². The van der Waals surface area contributed by atoms with Crippen molar-refractivity contribution in [1.82, 2.24) is 15.2 Å². The monoisotopic (exact) mass is 371 g/mol. The number of oxime groups is 1. The number of nitrogens with zero attached hydrogens (tertiary/aromatic N) is 4. The Morgan fingerprint density at radius 1 is 1.27 bits per heavy atom. The van der Waals surface area contributed by atoms with E-state index in [1.54, 1.807) is 6.92 Å². The molecule has 1 aromatic carbocycles. The molecule has 0 radical (unpaired) electrons. The molecule has 0 saturated carbocycles. The third-order valence-electron chi connectivity index (χ3n) is 3.46. The summed E-state index contributed by atoms with van der Waals surface area (Å²) in [6, 6.07) is 9.67. The van der Waals surface area contributed by atoms with E-state index in [4.69, 9.17) is 4.84 Å². The van der Waals surface area contributed by atoms with Crippen LogP contribution in [0.3, 0.4) is 0 Å². The van der Waals surface area contributed by atoms with Gasteiger partial charge in [-0.25, -0.2) is 0 Å². The van der Waals surface area contributed by atoms with Gasteiger partial charge in [-0.2, -0.15) is 0 Å². The molecule has 0 saturated heterocycles. The first-order valence-electron chi connectivity index (χ1n) is 7.75. The van der Waals surface area contributed by atoms with Gasteiger partial charge < -0.3 is 20.4 Å². The van der Waals surface area contributed by atoms with Gasteiger partial charge in [0.05, 0.1) is 18.5 Å². The van der Waals surface area contributed by atoms with Crippen LogP contribution in [0.2, 0.25) is 0 Å². The summed E-state index contributed by atoms with van der Waals surface area (Å²) in [5.74, 6) is -0.0332. The van der Waals surface area contributed by atoms with E-state index < -0.39 is 0 Å². The lowest BCUT2D eigenvalue weighted by molar-refractivity contribution is 0.131. The number of nitrogens with one attached hydrogen (secondary N) is 1. The van der Waals surface area contributed by atoms with Crippen LogP contribution in [0.5, 0.6) is 5.75 Å². The Morgan fingerprint density at radius 3 is 2.85 bits per heavy atom. The zero-order valence-corrected chi connectivity index (χ0v) is 14.8. The van der Waals surface area contributed by atoms with E-state index >= 15 is 0 Å². The number of aromatic hydroxyl groups is 1. The van der Waals surface area contributed by atoms with Crippen molar-refractivity contribution in [3.05, 3.63) is 58.4 Å². The van der Waals surface area contributed by atoms with Crippen molar-refractivity contribution in [2.75, 3.05) is 5.32 Å². The number of aliphatic hydroxyl groups is 1. The van der Waals surface area contributed by atoms with Crippen molar-refractivity contribution in [1.29, 1.82) is 0 Å². The molecule has 3 rings (SSSR count). The number of hydrogen-bond donors (Lipinski definition) is 3. The Kier molecular flexibility index (Phi) is 5.72. The summed E-state index contributed by atoms with van der Waals surface area (Å²) < 4.78 is 0. The van der Waals surface area contributed by atoms with E-state index in [1.165, 1.54) is 23.7 Å². The van der Waals surface area contributed by atoms with Crippen LogP contribution < -0.4 is 5.32 Å². The highest BCUT2D eigenvalue weighted by Gasteiger charge is 2.10. The molecule has 2 heterocycles. The van der Waals surface area contributed by atoms with Gasteiger partial charge in [0, 0.05) is 23.0 Å². The largest absolute Gasteiger partial charge is 0.505 e. The highest BCUT2D eigenvalue weighted by Crippen LogP contribution is 2.23.